The van der Waals surface area contributed by atoms with Crippen LogP contribution in [0.15, 0.2) is 37.2 Å². The Balaban J connectivity index is 1.54. The summed E-state index contributed by atoms with van der Waals surface area (Å²) >= 11 is 0. The minimum absolute atomic E-state index is 0.232. The molecule has 4 heterocycles. The summed E-state index contributed by atoms with van der Waals surface area (Å²) in [6.07, 6.45) is 10.3. The molecule has 25 heavy (non-hydrogen) atoms. The fourth-order valence-corrected chi connectivity index (χ4v) is 3.44. The average Bonchev–Trinajstić information content (AvgIpc) is 3.27. The highest BCUT2D eigenvalue weighted by Crippen LogP contribution is 2.30. The Bertz CT molecular complexity index is 843. The summed E-state index contributed by atoms with van der Waals surface area (Å²) in [7, 11) is 1.99. The standard InChI is InChI=1S/C17H20FN7/c1-23-16(11-24-8-6-20-12-24)21-22-17(23)13-3-2-7-25(10-13)15-4-5-19-9-14(15)18/h4-6,8-9,12-13H,2-3,7,10-11H2,1H3. The molecule has 0 saturated carbocycles. The molecule has 7 nitrogen and oxygen atoms in total. The van der Waals surface area contributed by atoms with Gasteiger partial charge in [0.2, 0.25) is 0 Å². The highest BCUT2D eigenvalue weighted by Gasteiger charge is 2.27. The van der Waals surface area contributed by atoms with Crippen LogP contribution in [-0.2, 0) is 13.6 Å². The monoisotopic (exact) mass is 341 g/mol. The number of piperidine rings is 1. The molecule has 4 rings (SSSR count). The van der Waals surface area contributed by atoms with Crippen molar-refractivity contribution in [3.05, 3.63) is 54.6 Å². The predicted octanol–water partition coefficient (Wildman–Crippen LogP) is 1.98. The first-order valence-corrected chi connectivity index (χ1v) is 8.40. The number of halogens is 1. The van der Waals surface area contributed by atoms with Crippen LogP contribution in [0.2, 0.25) is 0 Å². The number of nitrogens with zero attached hydrogens (tertiary/aromatic N) is 7. The van der Waals surface area contributed by atoms with Crippen molar-refractivity contribution in [2.24, 2.45) is 7.05 Å². The highest BCUT2D eigenvalue weighted by molar-refractivity contribution is 5.47. The van der Waals surface area contributed by atoms with E-state index in [1.165, 1.54) is 6.20 Å². The minimum Gasteiger partial charge on any atom is -0.368 e. The Kier molecular flexibility index (Phi) is 4.17. The van der Waals surface area contributed by atoms with Gasteiger partial charge in [0.05, 0.1) is 24.8 Å². The van der Waals surface area contributed by atoms with E-state index in [0.717, 1.165) is 37.6 Å². The van der Waals surface area contributed by atoms with Gasteiger partial charge in [0, 0.05) is 44.6 Å². The van der Waals surface area contributed by atoms with Crippen LogP contribution in [-0.4, -0.2) is 42.4 Å². The first-order chi connectivity index (χ1) is 12.2. The van der Waals surface area contributed by atoms with Gasteiger partial charge >= 0.3 is 0 Å². The Morgan fingerprint density at radius 3 is 2.96 bits per heavy atom. The van der Waals surface area contributed by atoms with Gasteiger partial charge < -0.3 is 14.0 Å². The zero-order chi connectivity index (χ0) is 17.2. The normalized spacial score (nSPS) is 17.8. The van der Waals surface area contributed by atoms with Gasteiger partial charge in [-0.3, -0.25) is 4.98 Å². The largest absolute Gasteiger partial charge is 0.368 e. The molecule has 3 aromatic heterocycles. The lowest BCUT2D eigenvalue weighted by molar-refractivity contribution is 0.472. The van der Waals surface area contributed by atoms with Crippen molar-refractivity contribution in [2.45, 2.75) is 25.3 Å². The molecular formula is C17H20FN7. The third-order valence-electron chi connectivity index (χ3n) is 4.76. The van der Waals surface area contributed by atoms with Crippen LogP contribution >= 0.6 is 0 Å². The van der Waals surface area contributed by atoms with Crippen LogP contribution in [0.1, 0.15) is 30.4 Å². The SMILES string of the molecule is Cn1c(Cn2ccnc2)nnc1C1CCCN(c2ccncc2F)C1. The zero-order valence-electron chi connectivity index (χ0n) is 14.1. The van der Waals surface area contributed by atoms with Crippen molar-refractivity contribution in [1.82, 2.24) is 29.3 Å². The second-order valence-electron chi connectivity index (χ2n) is 6.38. The minimum atomic E-state index is -0.276. The highest BCUT2D eigenvalue weighted by atomic mass is 19.1. The van der Waals surface area contributed by atoms with Gasteiger partial charge in [0.1, 0.15) is 5.82 Å². The summed E-state index contributed by atoms with van der Waals surface area (Å²) in [4.78, 5) is 9.97. The van der Waals surface area contributed by atoms with Crippen molar-refractivity contribution in [2.75, 3.05) is 18.0 Å². The van der Waals surface area contributed by atoms with Gasteiger partial charge in [-0.2, -0.15) is 0 Å². The lowest BCUT2D eigenvalue weighted by Crippen LogP contribution is -2.36. The third-order valence-corrected chi connectivity index (χ3v) is 4.76. The van der Waals surface area contributed by atoms with Crippen molar-refractivity contribution < 1.29 is 4.39 Å². The number of imidazole rings is 1. The molecule has 1 aliphatic rings. The van der Waals surface area contributed by atoms with Crippen molar-refractivity contribution in [3.8, 4) is 0 Å². The fraction of sp³-hybridized carbons (Fsp3) is 0.412. The van der Waals surface area contributed by atoms with Crippen LogP contribution in [0.3, 0.4) is 0 Å². The molecule has 1 fully saturated rings. The average molecular weight is 341 g/mol. The van der Waals surface area contributed by atoms with E-state index in [-0.39, 0.29) is 11.7 Å². The van der Waals surface area contributed by atoms with E-state index in [0.29, 0.717) is 12.2 Å². The zero-order valence-corrected chi connectivity index (χ0v) is 14.1. The first-order valence-electron chi connectivity index (χ1n) is 8.40. The molecule has 1 aliphatic heterocycles. The Labute approximate surface area is 145 Å². The summed E-state index contributed by atoms with van der Waals surface area (Å²) in [5.74, 6) is 1.80. The maximum atomic E-state index is 14.1. The Hall–Kier alpha value is -2.77. The first kappa shape index (κ1) is 15.7. The summed E-state index contributed by atoms with van der Waals surface area (Å²) in [6, 6.07) is 1.73. The molecule has 130 valence electrons. The van der Waals surface area contributed by atoms with Gasteiger partial charge in [-0.15, -0.1) is 10.2 Å². The second kappa shape index (κ2) is 6.62. The van der Waals surface area contributed by atoms with E-state index in [9.17, 15) is 4.39 Å². The summed E-state index contributed by atoms with van der Waals surface area (Å²) in [5.41, 5.74) is 0.612. The molecule has 0 radical (unpaired) electrons. The van der Waals surface area contributed by atoms with E-state index in [1.54, 1.807) is 24.8 Å². The van der Waals surface area contributed by atoms with E-state index in [4.69, 9.17) is 0 Å². The predicted molar refractivity (Wildman–Crippen MR) is 90.7 cm³/mol. The smallest absolute Gasteiger partial charge is 0.164 e. The molecule has 0 aliphatic carbocycles. The number of pyridine rings is 1. The van der Waals surface area contributed by atoms with Gasteiger partial charge in [-0.1, -0.05) is 0 Å². The van der Waals surface area contributed by atoms with E-state index in [1.807, 2.05) is 17.8 Å². The number of hydrogen-bond acceptors (Lipinski definition) is 5. The number of hydrogen-bond donors (Lipinski definition) is 0. The van der Waals surface area contributed by atoms with Crippen molar-refractivity contribution in [3.63, 3.8) is 0 Å². The molecule has 1 saturated heterocycles. The number of rotatable bonds is 4. The topological polar surface area (TPSA) is 64.7 Å². The van der Waals surface area contributed by atoms with E-state index < -0.39 is 0 Å². The second-order valence-corrected chi connectivity index (χ2v) is 6.38. The fourth-order valence-electron chi connectivity index (χ4n) is 3.44. The lowest BCUT2D eigenvalue weighted by Gasteiger charge is -2.34. The number of anilines is 1. The molecule has 1 atom stereocenters. The van der Waals surface area contributed by atoms with Crippen LogP contribution in [0.25, 0.3) is 0 Å². The van der Waals surface area contributed by atoms with Crippen LogP contribution < -0.4 is 4.90 Å². The van der Waals surface area contributed by atoms with Gasteiger partial charge in [-0.05, 0) is 18.9 Å². The Morgan fingerprint density at radius 2 is 2.16 bits per heavy atom. The molecule has 3 aromatic rings. The molecule has 0 amide bonds. The molecule has 1 unspecified atom stereocenters. The molecule has 8 heteroatoms. The van der Waals surface area contributed by atoms with Gasteiger partial charge in [0.25, 0.3) is 0 Å². The Morgan fingerprint density at radius 1 is 1.24 bits per heavy atom. The summed E-state index contributed by atoms with van der Waals surface area (Å²) < 4.78 is 18.1. The molecule has 0 spiro atoms. The van der Waals surface area contributed by atoms with Crippen LogP contribution in [0.5, 0.6) is 0 Å². The third kappa shape index (κ3) is 3.11. The summed E-state index contributed by atoms with van der Waals surface area (Å²) in [5, 5.41) is 8.76. The van der Waals surface area contributed by atoms with Gasteiger partial charge in [-0.25, -0.2) is 9.37 Å². The quantitative estimate of drug-likeness (QED) is 0.726. The van der Waals surface area contributed by atoms with Gasteiger partial charge in [0.15, 0.2) is 11.6 Å². The van der Waals surface area contributed by atoms with Crippen molar-refractivity contribution >= 4 is 5.69 Å². The molecule has 0 bridgehead atoms. The molecule has 0 N–H and O–H groups in total. The van der Waals surface area contributed by atoms with Crippen LogP contribution in [0, 0.1) is 5.82 Å². The lowest BCUT2D eigenvalue weighted by atomic mass is 9.96. The summed E-state index contributed by atoms with van der Waals surface area (Å²) in [6.45, 7) is 2.22. The number of aromatic nitrogens is 6. The maximum absolute atomic E-state index is 14.1. The maximum Gasteiger partial charge on any atom is 0.164 e. The van der Waals surface area contributed by atoms with Crippen molar-refractivity contribution in [1.29, 1.82) is 0 Å². The molecule has 0 aromatic carbocycles. The molecular weight excluding hydrogens is 321 g/mol. The van der Waals surface area contributed by atoms with Crippen LogP contribution in [0.4, 0.5) is 10.1 Å². The van der Waals surface area contributed by atoms with E-state index >= 15 is 0 Å². The van der Waals surface area contributed by atoms with E-state index in [2.05, 4.69) is 29.6 Å².